The number of carbonyl (C=O) groups is 3. The molecule has 2 aliphatic rings. The van der Waals surface area contributed by atoms with Crippen molar-refractivity contribution < 1.29 is 32.3 Å². The minimum atomic E-state index is -4.60. The van der Waals surface area contributed by atoms with Gasteiger partial charge in [-0.2, -0.15) is 13.2 Å². The molecule has 0 aliphatic carbocycles. The molecule has 2 heterocycles. The van der Waals surface area contributed by atoms with Gasteiger partial charge >= 0.3 is 6.18 Å². The third-order valence-electron chi connectivity index (χ3n) is 6.10. The summed E-state index contributed by atoms with van der Waals surface area (Å²) >= 11 is 0. The van der Waals surface area contributed by atoms with Crippen LogP contribution < -0.4 is 0 Å². The molecule has 2 atom stereocenters. The van der Waals surface area contributed by atoms with Crippen molar-refractivity contribution in [2.75, 3.05) is 26.7 Å². The van der Waals surface area contributed by atoms with Gasteiger partial charge in [-0.05, 0) is 37.8 Å². The SMILES string of the molecule is CCN1C(=O)C[C@](CC(=O)N(C)C[C@H]2CCCCO2)(c2cccc(C(F)(F)F)c2)C1=O. The second kappa shape index (κ2) is 8.98. The van der Waals surface area contributed by atoms with Gasteiger partial charge in [0.15, 0.2) is 0 Å². The van der Waals surface area contributed by atoms with Crippen molar-refractivity contribution in [2.24, 2.45) is 0 Å². The Balaban J connectivity index is 1.91. The molecule has 0 radical (unpaired) electrons. The molecule has 0 aromatic heterocycles. The van der Waals surface area contributed by atoms with Gasteiger partial charge < -0.3 is 9.64 Å². The monoisotopic (exact) mass is 440 g/mol. The van der Waals surface area contributed by atoms with E-state index in [0.29, 0.717) is 13.2 Å². The molecule has 0 saturated carbocycles. The second-order valence-corrected chi connectivity index (χ2v) is 8.22. The van der Waals surface area contributed by atoms with E-state index < -0.39 is 34.9 Å². The first-order chi connectivity index (χ1) is 14.6. The fourth-order valence-corrected chi connectivity index (χ4v) is 4.33. The van der Waals surface area contributed by atoms with Crippen LogP contribution in [0.5, 0.6) is 0 Å². The van der Waals surface area contributed by atoms with Crippen LogP contribution in [0.2, 0.25) is 0 Å². The van der Waals surface area contributed by atoms with Gasteiger partial charge in [-0.25, -0.2) is 0 Å². The maximum absolute atomic E-state index is 13.3. The van der Waals surface area contributed by atoms with E-state index in [-0.39, 0.29) is 31.1 Å². The minimum Gasteiger partial charge on any atom is -0.376 e. The lowest BCUT2D eigenvalue weighted by Gasteiger charge is -2.31. The average molecular weight is 440 g/mol. The first-order valence-electron chi connectivity index (χ1n) is 10.5. The second-order valence-electron chi connectivity index (χ2n) is 8.22. The van der Waals surface area contributed by atoms with Crippen LogP contribution in [0.15, 0.2) is 24.3 Å². The molecule has 0 N–H and O–H groups in total. The number of likely N-dealkylation sites (tertiary alicyclic amines) is 1. The van der Waals surface area contributed by atoms with Crippen molar-refractivity contribution >= 4 is 17.7 Å². The molecule has 0 bridgehead atoms. The van der Waals surface area contributed by atoms with Crippen LogP contribution >= 0.6 is 0 Å². The Morgan fingerprint density at radius 3 is 2.61 bits per heavy atom. The van der Waals surface area contributed by atoms with Gasteiger partial charge in [0.25, 0.3) is 0 Å². The highest BCUT2D eigenvalue weighted by atomic mass is 19.4. The Morgan fingerprint density at radius 2 is 2.03 bits per heavy atom. The molecule has 3 amide bonds. The highest BCUT2D eigenvalue weighted by molar-refractivity contribution is 6.10. The summed E-state index contributed by atoms with van der Waals surface area (Å²) in [5.74, 6) is -1.53. The topological polar surface area (TPSA) is 66.9 Å². The number of hydrogen-bond acceptors (Lipinski definition) is 4. The van der Waals surface area contributed by atoms with Crippen LogP contribution in [0.25, 0.3) is 0 Å². The van der Waals surface area contributed by atoms with Crippen molar-refractivity contribution in [3.8, 4) is 0 Å². The van der Waals surface area contributed by atoms with Crippen molar-refractivity contribution in [3.63, 3.8) is 0 Å². The summed E-state index contributed by atoms with van der Waals surface area (Å²) in [6, 6.07) is 4.37. The molecule has 1 aromatic rings. The number of benzene rings is 1. The molecule has 0 spiro atoms. The Hall–Kier alpha value is -2.42. The van der Waals surface area contributed by atoms with E-state index >= 15 is 0 Å². The number of carbonyl (C=O) groups excluding carboxylic acids is 3. The standard InChI is InChI=1S/C22H27F3N2O4/c1-3-27-19(29)13-21(20(27)30,15-7-6-8-16(11-15)22(23,24)25)12-18(28)26(2)14-17-9-4-5-10-31-17/h6-8,11,17H,3-5,9-10,12-14H2,1-2H3/t17-,21-/m1/s1. The molecular weight excluding hydrogens is 413 g/mol. The van der Waals surface area contributed by atoms with Gasteiger partial charge in [-0.3, -0.25) is 19.3 Å². The van der Waals surface area contributed by atoms with E-state index in [1.807, 2.05) is 0 Å². The van der Waals surface area contributed by atoms with Gasteiger partial charge in [0.05, 0.1) is 17.1 Å². The molecule has 1 aromatic carbocycles. The number of alkyl halides is 3. The van der Waals surface area contributed by atoms with Crippen LogP contribution in [-0.2, 0) is 30.7 Å². The van der Waals surface area contributed by atoms with Gasteiger partial charge in [-0.1, -0.05) is 18.2 Å². The first kappa shape index (κ1) is 23.2. The predicted molar refractivity (Wildman–Crippen MR) is 106 cm³/mol. The Labute approximate surface area is 179 Å². The van der Waals surface area contributed by atoms with Gasteiger partial charge in [-0.15, -0.1) is 0 Å². The Kier molecular flexibility index (Phi) is 6.73. The molecule has 0 unspecified atom stereocenters. The zero-order valence-corrected chi connectivity index (χ0v) is 17.7. The number of nitrogens with zero attached hydrogens (tertiary/aromatic N) is 2. The Morgan fingerprint density at radius 1 is 1.29 bits per heavy atom. The first-order valence-corrected chi connectivity index (χ1v) is 10.5. The lowest BCUT2D eigenvalue weighted by Crippen LogP contribution is -2.44. The molecule has 2 saturated heterocycles. The number of halogens is 3. The van der Waals surface area contributed by atoms with E-state index in [0.717, 1.165) is 36.3 Å². The number of hydrogen-bond donors (Lipinski definition) is 0. The van der Waals surface area contributed by atoms with Gasteiger partial charge in [0, 0.05) is 39.6 Å². The van der Waals surface area contributed by atoms with Crippen LogP contribution in [0.1, 0.15) is 50.2 Å². The average Bonchev–Trinajstić information content (AvgIpc) is 2.98. The maximum atomic E-state index is 13.3. The highest BCUT2D eigenvalue weighted by Crippen LogP contribution is 2.42. The van der Waals surface area contributed by atoms with Crippen LogP contribution in [0, 0.1) is 0 Å². The molecule has 2 aliphatic heterocycles. The summed E-state index contributed by atoms with van der Waals surface area (Å²) in [4.78, 5) is 41.2. The zero-order chi connectivity index (χ0) is 22.8. The zero-order valence-electron chi connectivity index (χ0n) is 17.7. The lowest BCUT2D eigenvalue weighted by atomic mass is 9.75. The number of likely N-dealkylation sites (N-methyl/N-ethyl adjacent to an activating group) is 2. The highest BCUT2D eigenvalue weighted by Gasteiger charge is 2.54. The molecule has 6 nitrogen and oxygen atoms in total. The van der Waals surface area contributed by atoms with E-state index in [9.17, 15) is 27.6 Å². The van der Waals surface area contributed by atoms with E-state index in [4.69, 9.17) is 4.74 Å². The third-order valence-corrected chi connectivity index (χ3v) is 6.10. The lowest BCUT2D eigenvalue weighted by molar-refractivity contribution is -0.143. The maximum Gasteiger partial charge on any atom is 0.416 e. The summed E-state index contributed by atoms with van der Waals surface area (Å²) < 4.78 is 45.5. The number of ether oxygens (including phenoxy) is 1. The summed E-state index contributed by atoms with van der Waals surface area (Å²) in [6.45, 7) is 2.67. The van der Waals surface area contributed by atoms with Crippen molar-refractivity contribution in [3.05, 3.63) is 35.4 Å². The smallest absolute Gasteiger partial charge is 0.376 e. The fraction of sp³-hybridized carbons (Fsp3) is 0.591. The fourth-order valence-electron chi connectivity index (χ4n) is 4.33. The van der Waals surface area contributed by atoms with E-state index in [2.05, 4.69) is 0 Å². The number of amides is 3. The number of rotatable bonds is 6. The number of imide groups is 1. The predicted octanol–water partition coefficient (Wildman–Crippen LogP) is 3.14. The van der Waals surface area contributed by atoms with Crippen molar-refractivity contribution in [1.29, 1.82) is 0 Å². The molecule has 9 heteroatoms. The largest absolute Gasteiger partial charge is 0.416 e. The van der Waals surface area contributed by atoms with Crippen LogP contribution in [0.4, 0.5) is 13.2 Å². The molecule has 2 fully saturated rings. The van der Waals surface area contributed by atoms with Crippen LogP contribution in [-0.4, -0.2) is 60.4 Å². The van der Waals surface area contributed by atoms with E-state index in [1.54, 1.807) is 14.0 Å². The van der Waals surface area contributed by atoms with Crippen molar-refractivity contribution in [1.82, 2.24) is 9.80 Å². The quantitative estimate of drug-likeness (QED) is 0.638. The molecule has 170 valence electrons. The third kappa shape index (κ3) is 4.76. The summed E-state index contributed by atoms with van der Waals surface area (Å²) in [5, 5.41) is 0. The summed E-state index contributed by atoms with van der Waals surface area (Å²) in [7, 11) is 1.58. The van der Waals surface area contributed by atoms with E-state index in [1.165, 1.54) is 17.0 Å². The van der Waals surface area contributed by atoms with Gasteiger partial charge in [0.2, 0.25) is 17.7 Å². The summed E-state index contributed by atoms with van der Waals surface area (Å²) in [6.07, 6.45) is -2.64. The normalized spacial score (nSPS) is 24.5. The minimum absolute atomic E-state index is 0.0345. The van der Waals surface area contributed by atoms with Gasteiger partial charge in [0.1, 0.15) is 0 Å². The Bertz CT molecular complexity index is 851. The van der Waals surface area contributed by atoms with Crippen molar-refractivity contribution in [2.45, 2.75) is 56.7 Å². The molecular formula is C22H27F3N2O4. The molecule has 31 heavy (non-hydrogen) atoms. The molecule has 3 rings (SSSR count). The van der Waals surface area contributed by atoms with Crippen LogP contribution in [0.3, 0.4) is 0 Å². The summed E-state index contributed by atoms with van der Waals surface area (Å²) in [5.41, 5.74) is -2.53.